The highest BCUT2D eigenvalue weighted by atomic mass is 32.2. The summed E-state index contributed by atoms with van der Waals surface area (Å²) in [5, 5.41) is 11.7. The van der Waals surface area contributed by atoms with Crippen LogP contribution < -0.4 is 16.0 Å². The average molecular weight is 417 g/mol. The molecule has 3 amide bonds. The highest BCUT2D eigenvalue weighted by Gasteiger charge is 2.23. The molecule has 1 fully saturated rings. The highest BCUT2D eigenvalue weighted by molar-refractivity contribution is 8.01. The largest absolute Gasteiger partial charge is 0.360 e. The van der Waals surface area contributed by atoms with Gasteiger partial charge in [-0.05, 0) is 44.4 Å². The first-order valence-corrected chi connectivity index (χ1v) is 10.5. The Labute approximate surface area is 173 Å². The van der Waals surface area contributed by atoms with Gasteiger partial charge in [0.05, 0.1) is 11.0 Å². The first kappa shape index (κ1) is 20.9. The minimum atomic E-state index is -0.415. The lowest BCUT2D eigenvalue weighted by Crippen LogP contribution is -2.28. The fourth-order valence-corrected chi connectivity index (χ4v) is 3.17. The van der Waals surface area contributed by atoms with E-state index in [0.717, 1.165) is 18.4 Å². The molecular weight excluding hydrogens is 392 g/mol. The number of aromatic nitrogens is 1. The van der Waals surface area contributed by atoms with Crippen molar-refractivity contribution in [2.75, 3.05) is 11.1 Å². The van der Waals surface area contributed by atoms with E-state index in [1.807, 2.05) is 12.1 Å². The van der Waals surface area contributed by atoms with E-state index in [2.05, 4.69) is 21.1 Å². The number of thioether (sulfide) groups is 1. The van der Waals surface area contributed by atoms with Crippen LogP contribution in [0.2, 0.25) is 0 Å². The van der Waals surface area contributed by atoms with Crippen LogP contribution in [0.25, 0.3) is 0 Å². The van der Waals surface area contributed by atoms with E-state index >= 15 is 0 Å². The van der Waals surface area contributed by atoms with Crippen molar-refractivity contribution >= 4 is 35.3 Å². The summed E-state index contributed by atoms with van der Waals surface area (Å²) in [7, 11) is 0. The van der Waals surface area contributed by atoms with Gasteiger partial charge >= 0.3 is 0 Å². The van der Waals surface area contributed by atoms with E-state index in [1.54, 1.807) is 32.0 Å². The molecule has 1 aliphatic carbocycles. The fourth-order valence-electron chi connectivity index (χ4n) is 2.45. The lowest BCUT2D eigenvalue weighted by atomic mass is 10.1. The summed E-state index contributed by atoms with van der Waals surface area (Å²) in [6.45, 7) is 3.83. The first-order valence-electron chi connectivity index (χ1n) is 9.43. The SMILES string of the molecule is Cc1cc(NC(=O)C(C)SCC(=O)NCc2ccc(C(=O)NC3CC3)cc2)no1. The Hall–Kier alpha value is -2.81. The molecule has 1 heterocycles. The Kier molecular flexibility index (Phi) is 6.92. The van der Waals surface area contributed by atoms with E-state index in [4.69, 9.17) is 4.52 Å². The first-order chi connectivity index (χ1) is 13.9. The Balaban J connectivity index is 1.36. The molecule has 1 atom stereocenters. The summed E-state index contributed by atoms with van der Waals surface area (Å²) in [6.07, 6.45) is 2.10. The minimum absolute atomic E-state index is 0.0625. The highest BCUT2D eigenvalue weighted by Crippen LogP contribution is 2.19. The van der Waals surface area contributed by atoms with E-state index in [0.29, 0.717) is 29.7 Å². The molecule has 0 spiro atoms. The van der Waals surface area contributed by atoms with Crippen molar-refractivity contribution in [2.24, 2.45) is 0 Å². The molecule has 1 unspecified atom stereocenters. The van der Waals surface area contributed by atoms with Gasteiger partial charge in [0.2, 0.25) is 11.8 Å². The third kappa shape index (κ3) is 6.63. The van der Waals surface area contributed by atoms with Crippen LogP contribution in [-0.4, -0.2) is 39.9 Å². The van der Waals surface area contributed by atoms with Gasteiger partial charge in [-0.25, -0.2) is 0 Å². The minimum Gasteiger partial charge on any atom is -0.360 e. The molecule has 3 rings (SSSR count). The maximum atomic E-state index is 12.1. The van der Waals surface area contributed by atoms with Gasteiger partial charge in [0.25, 0.3) is 5.91 Å². The van der Waals surface area contributed by atoms with Crippen molar-refractivity contribution in [1.82, 2.24) is 15.8 Å². The molecule has 8 nitrogen and oxygen atoms in total. The number of hydrogen-bond acceptors (Lipinski definition) is 6. The Morgan fingerprint density at radius 1 is 1.24 bits per heavy atom. The predicted octanol–water partition coefficient (Wildman–Crippen LogP) is 2.25. The Morgan fingerprint density at radius 3 is 2.59 bits per heavy atom. The predicted molar refractivity (Wildman–Crippen MR) is 111 cm³/mol. The van der Waals surface area contributed by atoms with Gasteiger partial charge in [-0.3, -0.25) is 14.4 Å². The molecule has 9 heteroatoms. The van der Waals surface area contributed by atoms with Gasteiger partial charge in [-0.15, -0.1) is 11.8 Å². The summed E-state index contributed by atoms with van der Waals surface area (Å²) in [6, 6.07) is 9.11. The van der Waals surface area contributed by atoms with E-state index < -0.39 is 5.25 Å². The molecule has 1 aromatic carbocycles. The van der Waals surface area contributed by atoms with Crippen molar-refractivity contribution in [1.29, 1.82) is 0 Å². The molecule has 154 valence electrons. The zero-order valence-corrected chi connectivity index (χ0v) is 17.2. The zero-order valence-electron chi connectivity index (χ0n) is 16.4. The lowest BCUT2D eigenvalue weighted by Gasteiger charge is -2.11. The van der Waals surface area contributed by atoms with Gasteiger partial charge in [0, 0.05) is 24.2 Å². The van der Waals surface area contributed by atoms with Crippen LogP contribution in [0.3, 0.4) is 0 Å². The normalized spacial score (nSPS) is 14.1. The molecule has 0 aliphatic heterocycles. The third-order valence-corrected chi connectivity index (χ3v) is 5.47. The lowest BCUT2D eigenvalue weighted by molar-refractivity contribution is -0.118. The number of aryl methyl sites for hydroxylation is 1. The maximum Gasteiger partial charge on any atom is 0.251 e. The van der Waals surface area contributed by atoms with Crippen LogP contribution in [-0.2, 0) is 16.1 Å². The Bertz CT molecular complexity index is 877. The quantitative estimate of drug-likeness (QED) is 0.578. The summed E-state index contributed by atoms with van der Waals surface area (Å²) < 4.78 is 4.90. The smallest absolute Gasteiger partial charge is 0.251 e. The molecule has 1 saturated carbocycles. The number of benzene rings is 1. The maximum absolute atomic E-state index is 12.1. The second kappa shape index (κ2) is 9.60. The molecule has 3 N–H and O–H groups in total. The van der Waals surface area contributed by atoms with Gasteiger partial charge in [0.1, 0.15) is 5.76 Å². The number of nitrogens with zero attached hydrogens (tertiary/aromatic N) is 1. The van der Waals surface area contributed by atoms with Crippen LogP contribution in [0, 0.1) is 6.92 Å². The van der Waals surface area contributed by atoms with E-state index in [9.17, 15) is 14.4 Å². The van der Waals surface area contributed by atoms with Crippen LogP contribution >= 0.6 is 11.8 Å². The van der Waals surface area contributed by atoms with Crippen molar-refractivity contribution in [2.45, 2.75) is 44.5 Å². The number of nitrogens with one attached hydrogen (secondary N) is 3. The Morgan fingerprint density at radius 2 is 1.97 bits per heavy atom. The summed E-state index contributed by atoms with van der Waals surface area (Å²) in [5.74, 6) is 0.662. The van der Waals surface area contributed by atoms with Crippen molar-refractivity contribution < 1.29 is 18.9 Å². The fraction of sp³-hybridized carbons (Fsp3) is 0.400. The van der Waals surface area contributed by atoms with Crippen LogP contribution in [0.4, 0.5) is 5.82 Å². The number of amides is 3. The molecule has 0 radical (unpaired) electrons. The second-order valence-electron chi connectivity index (χ2n) is 6.99. The van der Waals surface area contributed by atoms with Gasteiger partial charge in [0.15, 0.2) is 5.82 Å². The van der Waals surface area contributed by atoms with Gasteiger partial charge < -0.3 is 20.5 Å². The zero-order chi connectivity index (χ0) is 20.8. The number of carbonyl (C=O) groups excluding carboxylic acids is 3. The standard InChI is InChI=1S/C20H24N4O4S/c1-12-9-17(24-28-12)23-19(26)13(2)29-11-18(25)21-10-14-3-5-15(6-4-14)20(27)22-16-7-8-16/h3-6,9,13,16H,7-8,10-11H2,1-2H3,(H,21,25)(H,22,27)(H,23,24,26). The van der Waals surface area contributed by atoms with Crippen molar-refractivity contribution in [3.63, 3.8) is 0 Å². The molecule has 0 bridgehead atoms. The number of rotatable bonds is 9. The number of anilines is 1. The molecule has 0 saturated heterocycles. The summed E-state index contributed by atoms with van der Waals surface area (Å²) in [5.41, 5.74) is 1.52. The van der Waals surface area contributed by atoms with Crippen molar-refractivity contribution in [3.8, 4) is 0 Å². The third-order valence-electron chi connectivity index (χ3n) is 4.33. The molecule has 1 aromatic heterocycles. The van der Waals surface area contributed by atoms with Crippen LogP contribution in [0.5, 0.6) is 0 Å². The van der Waals surface area contributed by atoms with E-state index in [1.165, 1.54) is 11.8 Å². The summed E-state index contributed by atoms with van der Waals surface area (Å²) >= 11 is 1.24. The van der Waals surface area contributed by atoms with Gasteiger partial charge in [-0.2, -0.15) is 0 Å². The topological polar surface area (TPSA) is 113 Å². The summed E-state index contributed by atoms with van der Waals surface area (Å²) in [4.78, 5) is 36.1. The number of carbonyl (C=O) groups is 3. The van der Waals surface area contributed by atoms with Crippen LogP contribution in [0.1, 0.15) is 41.4 Å². The molecule has 1 aliphatic rings. The van der Waals surface area contributed by atoms with Crippen LogP contribution in [0.15, 0.2) is 34.9 Å². The number of hydrogen-bond donors (Lipinski definition) is 3. The monoisotopic (exact) mass is 416 g/mol. The van der Waals surface area contributed by atoms with Crippen molar-refractivity contribution in [3.05, 3.63) is 47.2 Å². The van der Waals surface area contributed by atoms with E-state index in [-0.39, 0.29) is 23.5 Å². The average Bonchev–Trinajstić information content (AvgIpc) is 3.43. The van der Waals surface area contributed by atoms with Gasteiger partial charge in [-0.1, -0.05) is 17.3 Å². The second-order valence-corrected chi connectivity index (χ2v) is 8.32. The molecule has 2 aromatic rings. The molecular formula is C20H24N4O4S. The molecule has 29 heavy (non-hydrogen) atoms.